The van der Waals surface area contributed by atoms with E-state index in [1.165, 1.54) is 6.42 Å². The van der Waals surface area contributed by atoms with Crippen molar-refractivity contribution in [1.29, 1.82) is 0 Å². The number of amides is 1. The number of nitrogens with two attached hydrogens (primary N) is 1. The molecule has 1 fully saturated rings. The first kappa shape index (κ1) is 15.8. The number of thioether (sulfide) groups is 1. The molecule has 1 aliphatic rings. The van der Waals surface area contributed by atoms with Crippen molar-refractivity contribution >= 4 is 17.7 Å². The van der Waals surface area contributed by atoms with Crippen molar-refractivity contribution in [2.24, 2.45) is 11.7 Å². The maximum atomic E-state index is 11.9. The van der Waals surface area contributed by atoms with Crippen molar-refractivity contribution < 1.29 is 4.79 Å². The Kier molecular flexibility index (Phi) is 7.75. The summed E-state index contributed by atoms with van der Waals surface area (Å²) in [6, 6.07) is 0.421. The summed E-state index contributed by atoms with van der Waals surface area (Å²) in [5, 5.41) is 3.93. The second kappa shape index (κ2) is 8.81. The van der Waals surface area contributed by atoms with Gasteiger partial charge in [0.05, 0.1) is 0 Å². The fraction of sp³-hybridized carbons (Fsp3) is 0.929. The van der Waals surface area contributed by atoms with Gasteiger partial charge in [-0.25, -0.2) is 0 Å². The van der Waals surface area contributed by atoms with Crippen molar-refractivity contribution in [3.63, 3.8) is 0 Å². The van der Waals surface area contributed by atoms with Gasteiger partial charge in [-0.05, 0) is 50.8 Å². The van der Waals surface area contributed by atoms with Gasteiger partial charge >= 0.3 is 0 Å². The molecule has 3 N–H and O–H groups in total. The summed E-state index contributed by atoms with van der Waals surface area (Å²) in [6.07, 6.45) is 9.52. The van der Waals surface area contributed by atoms with E-state index in [4.69, 9.17) is 5.73 Å². The summed E-state index contributed by atoms with van der Waals surface area (Å²) in [7, 11) is 0. The topological polar surface area (TPSA) is 55.1 Å². The summed E-state index contributed by atoms with van der Waals surface area (Å²) in [5.74, 6) is 0.848. The van der Waals surface area contributed by atoms with Crippen LogP contribution in [0.4, 0.5) is 0 Å². The lowest BCUT2D eigenvalue weighted by Gasteiger charge is -2.16. The average molecular weight is 272 g/mol. The number of hydrogen-bond donors (Lipinski definition) is 2. The highest BCUT2D eigenvalue weighted by molar-refractivity contribution is 7.99. The van der Waals surface area contributed by atoms with Crippen LogP contribution < -0.4 is 11.1 Å². The molecule has 3 unspecified atom stereocenters. The van der Waals surface area contributed by atoms with E-state index in [-0.39, 0.29) is 5.91 Å². The van der Waals surface area contributed by atoms with Gasteiger partial charge in [-0.1, -0.05) is 13.3 Å². The van der Waals surface area contributed by atoms with Crippen LogP contribution in [-0.4, -0.2) is 30.0 Å². The molecule has 106 valence electrons. The summed E-state index contributed by atoms with van der Waals surface area (Å²) in [6.45, 7) is 2.91. The Morgan fingerprint density at radius 2 is 2.22 bits per heavy atom. The Bertz CT molecular complexity index is 248. The van der Waals surface area contributed by atoms with Crippen molar-refractivity contribution in [2.45, 2.75) is 63.2 Å². The number of carbonyl (C=O) groups is 1. The maximum absolute atomic E-state index is 11.9. The minimum atomic E-state index is 0.234. The molecule has 3 nitrogen and oxygen atoms in total. The standard InChI is InChI=1S/C14H28N2OS/c1-3-11(8-9-15)4-7-14(17)16-12-5-6-13(10-12)18-2/h11-13H,3-10,15H2,1-2H3,(H,16,17). The van der Waals surface area contributed by atoms with Crippen LogP contribution in [0.5, 0.6) is 0 Å². The molecule has 0 aromatic heterocycles. The Balaban J connectivity index is 2.17. The summed E-state index contributed by atoms with van der Waals surface area (Å²) < 4.78 is 0. The molecule has 0 heterocycles. The molecule has 18 heavy (non-hydrogen) atoms. The zero-order chi connectivity index (χ0) is 13.4. The van der Waals surface area contributed by atoms with Crippen molar-refractivity contribution in [3.05, 3.63) is 0 Å². The van der Waals surface area contributed by atoms with Gasteiger partial charge in [0.25, 0.3) is 0 Å². The molecule has 3 atom stereocenters. The van der Waals surface area contributed by atoms with Crippen LogP contribution in [0.3, 0.4) is 0 Å². The normalized spacial score (nSPS) is 25.1. The van der Waals surface area contributed by atoms with Gasteiger partial charge < -0.3 is 11.1 Å². The van der Waals surface area contributed by atoms with Gasteiger partial charge in [0.1, 0.15) is 0 Å². The van der Waals surface area contributed by atoms with Crippen molar-refractivity contribution in [1.82, 2.24) is 5.32 Å². The molecule has 0 bridgehead atoms. The molecular formula is C14H28N2OS. The Morgan fingerprint density at radius 1 is 1.44 bits per heavy atom. The van der Waals surface area contributed by atoms with Gasteiger partial charge in [-0.3, -0.25) is 4.79 Å². The van der Waals surface area contributed by atoms with E-state index in [9.17, 15) is 4.79 Å². The molecule has 0 aromatic rings. The van der Waals surface area contributed by atoms with Crippen LogP contribution in [0.1, 0.15) is 51.9 Å². The third-order valence-electron chi connectivity index (χ3n) is 4.01. The molecular weight excluding hydrogens is 244 g/mol. The van der Waals surface area contributed by atoms with Crippen LogP contribution >= 0.6 is 11.8 Å². The first-order valence-corrected chi connectivity index (χ1v) is 8.50. The SMILES string of the molecule is CCC(CCN)CCC(=O)NC1CCC(SC)C1. The van der Waals surface area contributed by atoms with Gasteiger partial charge in [-0.15, -0.1) is 0 Å². The van der Waals surface area contributed by atoms with Crippen LogP contribution in [0.15, 0.2) is 0 Å². The minimum absolute atomic E-state index is 0.234. The van der Waals surface area contributed by atoms with E-state index in [2.05, 4.69) is 18.5 Å². The monoisotopic (exact) mass is 272 g/mol. The largest absolute Gasteiger partial charge is 0.353 e. The first-order valence-electron chi connectivity index (χ1n) is 7.21. The summed E-state index contributed by atoms with van der Waals surface area (Å²) >= 11 is 1.93. The van der Waals surface area contributed by atoms with Crippen LogP contribution in [-0.2, 0) is 4.79 Å². The zero-order valence-electron chi connectivity index (χ0n) is 11.8. The van der Waals surface area contributed by atoms with E-state index in [0.29, 0.717) is 18.4 Å². The molecule has 4 heteroatoms. The second-order valence-electron chi connectivity index (χ2n) is 5.33. The third-order valence-corrected chi connectivity index (χ3v) is 5.11. The van der Waals surface area contributed by atoms with Gasteiger partial charge in [-0.2, -0.15) is 11.8 Å². The van der Waals surface area contributed by atoms with Gasteiger partial charge in [0.2, 0.25) is 5.91 Å². The highest BCUT2D eigenvalue weighted by Gasteiger charge is 2.25. The minimum Gasteiger partial charge on any atom is -0.353 e. The molecule has 0 spiro atoms. The lowest BCUT2D eigenvalue weighted by Crippen LogP contribution is -2.33. The summed E-state index contributed by atoms with van der Waals surface area (Å²) in [4.78, 5) is 11.9. The molecule has 0 aromatic carbocycles. The predicted molar refractivity (Wildman–Crippen MR) is 79.8 cm³/mol. The van der Waals surface area contributed by atoms with E-state index in [1.54, 1.807) is 0 Å². The fourth-order valence-electron chi connectivity index (χ4n) is 2.71. The molecule has 1 saturated carbocycles. The molecule has 0 aliphatic heterocycles. The summed E-state index contributed by atoms with van der Waals surface area (Å²) in [5.41, 5.74) is 5.57. The highest BCUT2D eigenvalue weighted by atomic mass is 32.2. The average Bonchev–Trinajstić information content (AvgIpc) is 2.82. The molecule has 0 saturated heterocycles. The van der Waals surface area contributed by atoms with Crippen molar-refractivity contribution in [2.75, 3.05) is 12.8 Å². The molecule has 1 aliphatic carbocycles. The quantitative estimate of drug-likeness (QED) is 0.714. The Labute approximate surface area is 116 Å². The van der Waals surface area contributed by atoms with E-state index < -0.39 is 0 Å². The lowest BCUT2D eigenvalue weighted by molar-refractivity contribution is -0.122. The van der Waals surface area contributed by atoms with Crippen LogP contribution in [0, 0.1) is 5.92 Å². The number of nitrogens with one attached hydrogen (secondary N) is 1. The van der Waals surface area contributed by atoms with Crippen molar-refractivity contribution in [3.8, 4) is 0 Å². The van der Waals surface area contributed by atoms with Gasteiger partial charge in [0.15, 0.2) is 0 Å². The Hall–Kier alpha value is -0.220. The lowest BCUT2D eigenvalue weighted by atomic mass is 9.96. The number of carbonyl (C=O) groups excluding carboxylic acids is 1. The van der Waals surface area contributed by atoms with Gasteiger partial charge in [0, 0.05) is 17.7 Å². The van der Waals surface area contributed by atoms with E-state index >= 15 is 0 Å². The number of hydrogen-bond acceptors (Lipinski definition) is 3. The molecule has 1 rings (SSSR count). The molecule has 0 radical (unpaired) electrons. The number of rotatable bonds is 8. The highest BCUT2D eigenvalue weighted by Crippen LogP contribution is 2.28. The third kappa shape index (κ3) is 5.61. The zero-order valence-corrected chi connectivity index (χ0v) is 12.6. The predicted octanol–water partition coefficient (Wildman–Crippen LogP) is 2.54. The van der Waals surface area contributed by atoms with E-state index in [1.807, 2.05) is 11.8 Å². The maximum Gasteiger partial charge on any atom is 0.220 e. The Morgan fingerprint density at radius 3 is 2.78 bits per heavy atom. The van der Waals surface area contributed by atoms with Crippen LogP contribution in [0.25, 0.3) is 0 Å². The van der Waals surface area contributed by atoms with E-state index in [0.717, 1.165) is 43.9 Å². The van der Waals surface area contributed by atoms with Crippen LogP contribution in [0.2, 0.25) is 0 Å². The smallest absolute Gasteiger partial charge is 0.220 e. The molecule has 1 amide bonds. The second-order valence-corrected chi connectivity index (χ2v) is 6.46. The first-order chi connectivity index (χ1) is 8.69. The fourth-order valence-corrected chi connectivity index (χ4v) is 3.51.